The SMILES string of the molecule is CCCCCCCCCCCCCCCCCCCCCCCCCCCCCCCCCCCCC(=O)OCC(COC(=O)CCCCCCCCC)OC(=O)CCCCCCCCCCCCCCCC. The predicted molar refractivity (Wildman–Crippen MR) is 317 cm³/mol. The molecule has 1 unspecified atom stereocenters. The third kappa shape index (κ3) is 61.1. The van der Waals surface area contributed by atoms with Crippen LogP contribution in [0.2, 0.25) is 0 Å². The van der Waals surface area contributed by atoms with E-state index in [2.05, 4.69) is 20.8 Å². The lowest BCUT2D eigenvalue weighted by Crippen LogP contribution is -2.30. The Hall–Kier alpha value is -1.59. The zero-order chi connectivity index (χ0) is 52.9. The van der Waals surface area contributed by atoms with Gasteiger partial charge in [0, 0.05) is 19.3 Å². The number of carbonyl (C=O) groups excluding carboxylic acids is 3. The summed E-state index contributed by atoms with van der Waals surface area (Å²) in [6, 6.07) is 0. The summed E-state index contributed by atoms with van der Waals surface area (Å²) in [6.45, 7) is 6.67. The van der Waals surface area contributed by atoms with E-state index in [0.29, 0.717) is 19.3 Å². The van der Waals surface area contributed by atoms with Gasteiger partial charge < -0.3 is 14.2 Å². The molecule has 1 atom stereocenters. The fourth-order valence-corrected chi connectivity index (χ4v) is 10.6. The second kappa shape index (κ2) is 62.9. The van der Waals surface area contributed by atoms with Gasteiger partial charge in [0.2, 0.25) is 0 Å². The Balaban J connectivity index is 3.86. The van der Waals surface area contributed by atoms with Gasteiger partial charge in [0.15, 0.2) is 6.10 Å². The molecule has 0 heterocycles. The molecule has 73 heavy (non-hydrogen) atoms. The van der Waals surface area contributed by atoms with Gasteiger partial charge in [-0.15, -0.1) is 0 Å². The van der Waals surface area contributed by atoms with Crippen LogP contribution in [0.1, 0.15) is 393 Å². The summed E-state index contributed by atoms with van der Waals surface area (Å²) in [5, 5.41) is 0. The highest BCUT2D eigenvalue weighted by molar-refractivity contribution is 5.71. The molecule has 0 saturated carbocycles. The van der Waals surface area contributed by atoms with Gasteiger partial charge in [-0.3, -0.25) is 14.4 Å². The van der Waals surface area contributed by atoms with E-state index in [1.54, 1.807) is 0 Å². The summed E-state index contributed by atoms with van der Waals surface area (Å²) in [5.41, 5.74) is 0. The molecule has 0 amide bonds. The molecule has 0 aliphatic carbocycles. The van der Waals surface area contributed by atoms with E-state index in [0.717, 1.165) is 57.8 Å². The van der Waals surface area contributed by atoms with Crippen LogP contribution in [0.3, 0.4) is 0 Å². The van der Waals surface area contributed by atoms with Crippen molar-refractivity contribution in [1.29, 1.82) is 0 Å². The maximum atomic E-state index is 12.8. The van der Waals surface area contributed by atoms with Crippen molar-refractivity contribution in [3.63, 3.8) is 0 Å². The average Bonchev–Trinajstić information content (AvgIpc) is 3.39. The number of unbranched alkanes of at least 4 members (excludes halogenated alkanes) is 52. The maximum Gasteiger partial charge on any atom is 0.306 e. The average molecular weight is 1030 g/mol. The van der Waals surface area contributed by atoms with Gasteiger partial charge in [0.1, 0.15) is 13.2 Å². The van der Waals surface area contributed by atoms with E-state index in [1.807, 2.05) is 0 Å². The molecule has 434 valence electrons. The van der Waals surface area contributed by atoms with Gasteiger partial charge in [0.25, 0.3) is 0 Å². The number of esters is 3. The second-order valence-electron chi connectivity index (χ2n) is 23.1. The van der Waals surface area contributed by atoms with Gasteiger partial charge in [-0.05, 0) is 19.3 Å². The number of carbonyl (C=O) groups is 3. The first-order valence-corrected chi connectivity index (χ1v) is 33.5. The van der Waals surface area contributed by atoms with Crippen LogP contribution in [0, 0.1) is 0 Å². The number of hydrogen-bond donors (Lipinski definition) is 0. The topological polar surface area (TPSA) is 78.9 Å². The monoisotopic (exact) mass is 1030 g/mol. The van der Waals surface area contributed by atoms with E-state index < -0.39 is 6.10 Å². The fourth-order valence-electron chi connectivity index (χ4n) is 10.6. The fraction of sp³-hybridized carbons (Fsp3) is 0.955. The minimum Gasteiger partial charge on any atom is -0.462 e. The maximum absolute atomic E-state index is 12.8. The molecule has 6 nitrogen and oxygen atoms in total. The van der Waals surface area contributed by atoms with Crippen LogP contribution in [0.4, 0.5) is 0 Å². The Morgan fingerprint density at radius 3 is 0.548 bits per heavy atom. The molecule has 0 saturated heterocycles. The zero-order valence-corrected chi connectivity index (χ0v) is 50.0. The van der Waals surface area contributed by atoms with Gasteiger partial charge in [-0.25, -0.2) is 0 Å². The highest BCUT2D eigenvalue weighted by Gasteiger charge is 2.19. The molecule has 0 rings (SSSR count). The lowest BCUT2D eigenvalue weighted by Gasteiger charge is -2.18. The lowest BCUT2D eigenvalue weighted by atomic mass is 10.0. The Bertz CT molecular complexity index is 1090. The van der Waals surface area contributed by atoms with Crippen molar-refractivity contribution in [1.82, 2.24) is 0 Å². The third-order valence-electron chi connectivity index (χ3n) is 15.6. The normalized spacial score (nSPS) is 11.9. The quantitative estimate of drug-likeness (QED) is 0.0343. The van der Waals surface area contributed by atoms with E-state index >= 15 is 0 Å². The number of ether oxygens (including phenoxy) is 3. The first-order valence-electron chi connectivity index (χ1n) is 33.5. The summed E-state index contributed by atoms with van der Waals surface area (Å²) < 4.78 is 16.8. The van der Waals surface area contributed by atoms with Crippen molar-refractivity contribution in [3.05, 3.63) is 0 Å². The number of hydrogen-bond acceptors (Lipinski definition) is 6. The Kier molecular flexibility index (Phi) is 61.6. The standard InChI is InChI=1S/C67H130O6/c1-4-7-10-13-16-18-20-22-24-25-26-27-28-29-30-31-32-33-34-35-36-37-38-39-40-41-42-43-45-46-48-51-54-57-60-66(69)72-63-64(62-71-65(68)59-56-53-50-15-12-9-6-3)73-67(70)61-58-55-52-49-47-44-23-21-19-17-14-11-8-5-2/h64H,4-63H2,1-3H3. The van der Waals surface area contributed by atoms with E-state index in [-0.39, 0.29) is 31.1 Å². The molecule has 0 bridgehead atoms. The van der Waals surface area contributed by atoms with Gasteiger partial charge in [-0.1, -0.05) is 355 Å². The molecule has 0 aliphatic heterocycles. The van der Waals surface area contributed by atoms with Crippen molar-refractivity contribution in [2.75, 3.05) is 13.2 Å². The summed E-state index contributed by atoms with van der Waals surface area (Å²) in [4.78, 5) is 38.0. The molecule has 0 aromatic rings. The van der Waals surface area contributed by atoms with E-state index in [9.17, 15) is 14.4 Å². The van der Waals surface area contributed by atoms with Crippen LogP contribution in [0.5, 0.6) is 0 Å². The van der Waals surface area contributed by atoms with Crippen molar-refractivity contribution >= 4 is 17.9 Å². The molecule has 0 aliphatic rings. The Labute approximate surface area is 457 Å². The first-order chi connectivity index (χ1) is 36.0. The highest BCUT2D eigenvalue weighted by atomic mass is 16.6. The molecule has 0 fully saturated rings. The molecular formula is C67H130O6. The molecule has 0 spiro atoms. The van der Waals surface area contributed by atoms with Gasteiger partial charge >= 0.3 is 17.9 Å². The van der Waals surface area contributed by atoms with E-state index in [4.69, 9.17) is 14.2 Å². The van der Waals surface area contributed by atoms with Crippen molar-refractivity contribution in [2.24, 2.45) is 0 Å². The largest absolute Gasteiger partial charge is 0.462 e. The van der Waals surface area contributed by atoms with E-state index in [1.165, 1.54) is 295 Å². The molecule has 0 N–H and O–H groups in total. The Morgan fingerprint density at radius 1 is 0.219 bits per heavy atom. The number of rotatable bonds is 63. The molecule has 6 heteroatoms. The molecule has 0 radical (unpaired) electrons. The molecule has 0 aromatic heterocycles. The van der Waals surface area contributed by atoms with Crippen LogP contribution >= 0.6 is 0 Å². The zero-order valence-electron chi connectivity index (χ0n) is 50.0. The minimum absolute atomic E-state index is 0.0618. The molecule has 0 aromatic carbocycles. The van der Waals surface area contributed by atoms with Crippen LogP contribution in [-0.2, 0) is 28.6 Å². The molecular weight excluding hydrogens is 901 g/mol. The summed E-state index contributed by atoms with van der Waals surface area (Å²) in [7, 11) is 0. The van der Waals surface area contributed by atoms with Gasteiger partial charge in [-0.2, -0.15) is 0 Å². The second-order valence-corrected chi connectivity index (χ2v) is 23.1. The lowest BCUT2D eigenvalue weighted by molar-refractivity contribution is -0.167. The minimum atomic E-state index is -0.760. The van der Waals surface area contributed by atoms with Crippen molar-refractivity contribution < 1.29 is 28.6 Å². The van der Waals surface area contributed by atoms with Crippen LogP contribution < -0.4 is 0 Å². The predicted octanol–water partition coefficient (Wildman–Crippen LogP) is 22.7. The summed E-state index contributed by atoms with van der Waals surface area (Å²) in [6.07, 6.45) is 73.2. The summed E-state index contributed by atoms with van der Waals surface area (Å²) >= 11 is 0. The third-order valence-corrected chi connectivity index (χ3v) is 15.6. The van der Waals surface area contributed by atoms with Gasteiger partial charge in [0.05, 0.1) is 0 Å². The first kappa shape index (κ1) is 71.4. The smallest absolute Gasteiger partial charge is 0.306 e. The van der Waals surface area contributed by atoms with Crippen molar-refractivity contribution in [3.8, 4) is 0 Å². The summed E-state index contributed by atoms with van der Waals surface area (Å²) in [5.74, 6) is -0.840. The van der Waals surface area contributed by atoms with Crippen molar-refractivity contribution in [2.45, 2.75) is 399 Å². The van der Waals surface area contributed by atoms with Crippen LogP contribution in [-0.4, -0.2) is 37.2 Å². The van der Waals surface area contributed by atoms with Crippen LogP contribution in [0.25, 0.3) is 0 Å². The highest BCUT2D eigenvalue weighted by Crippen LogP contribution is 2.19. The Morgan fingerprint density at radius 2 is 0.370 bits per heavy atom. The van der Waals surface area contributed by atoms with Crippen LogP contribution in [0.15, 0.2) is 0 Å².